The zero-order valence-electron chi connectivity index (χ0n) is 13.9. The van der Waals surface area contributed by atoms with Crippen LogP contribution >= 0.6 is 35.3 Å². The Hall–Kier alpha value is -1.36. The van der Waals surface area contributed by atoms with Crippen molar-refractivity contribution < 1.29 is 13.2 Å². The summed E-state index contributed by atoms with van der Waals surface area (Å²) in [4.78, 5) is 9.51. The van der Waals surface area contributed by atoms with Crippen molar-refractivity contribution in [2.24, 2.45) is 4.99 Å². The van der Waals surface area contributed by atoms with E-state index in [0.29, 0.717) is 18.1 Å². The highest BCUT2D eigenvalue weighted by Gasteiger charge is 2.30. The van der Waals surface area contributed by atoms with Gasteiger partial charge in [0.05, 0.1) is 10.6 Å². The number of thiazole rings is 1. The topological polar surface area (TPSA) is 49.3 Å². The summed E-state index contributed by atoms with van der Waals surface area (Å²) in [7, 11) is 1.62. The molecule has 1 aromatic carbocycles. The minimum absolute atomic E-state index is 0. The number of halogens is 4. The van der Waals surface area contributed by atoms with Crippen LogP contribution in [-0.2, 0) is 19.1 Å². The number of rotatable bonds is 5. The number of alkyl halides is 3. The number of hydrogen-bond donors (Lipinski definition) is 2. The summed E-state index contributed by atoms with van der Waals surface area (Å²) in [6.45, 7) is 2.92. The zero-order chi connectivity index (χ0) is 17.6. The molecular weight excluding hydrogens is 464 g/mol. The third-order valence-corrected chi connectivity index (χ3v) is 4.21. The number of hydrogen-bond acceptors (Lipinski definition) is 3. The van der Waals surface area contributed by atoms with Crippen LogP contribution in [0.2, 0.25) is 0 Å². The SMILES string of the molecule is CN=C(NCCc1ncc(C)s1)NCc1cccc(C(F)(F)F)c1.I. The van der Waals surface area contributed by atoms with Crippen molar-refractivity contribution in [2.75, 3.05) is 13.6 Å². The molecule has 0 saturated carbocycles. The van der Waals surface area contributed by atoms with Gasteiger partial charge in [-0.25, -0.2) is 4.98 Å². The van der Waals surface area contributed by atoms with E-state index in [1.165, 1.54) is 6.07 Å². The van der Waals surface area contributed by atoms with Gasteiger partial charge in [-0.05, 0) is 24.6 Å². The fourth-order valence-corrected chi connectivity index (χ4v) is 2.86. The molecule has 2 aromatic rings. The number of aryl methyl sites for hydroxylation is 1. The van der Waals surface area contributed by atoms with E-state index < -0.39 is 11.7 Å². The van der Waals surface area contributed by atoms with Gasteiger partial charge in [0.15, 0.2) is 5.96 Å². The standard InChI is InChI=1S/C16H19F3N4S.HI/c1-11-9-22-14(24-11)6-7-21-15(20-2)23-10-12-4-3-5-13(8-12)16(17,18)19;/h3-5,8-9H,6-7,10H2,1-2H3,(H2,20,21,23);1H. The van der Waals surface area contributed by atoms with Crippen LogP contribution in [0.4, 0.5) is 13.2 Å². The molecule has 0 aliphatic rings. The maximum Gasteiger partial charge on any atom is 0.416 e. The Morgan fingerprint density at radius 2 is 2.04 bits per heavy atom. The number of guanidine groups is 1. The Morgan fingerprint density at radius 1 is 1.28 bits per heavy atom. The van der Waals surface area contributed by atoms with Crippen LogP contribution < -0.4 is 10.6 Å². The van der Waals surface area contributed by atoms with Crippen molar-refractivity contribution in [1.82, 2.24) is 15.6 Å². The molecular formula is C16H20F3IN4S. The highest BCUT2D eigenvalue weighted by molar-refractivity contribution is 14.0. The van der Waals surface area contributed by atoms with E-state index in [1.54, 1.807) is 24.5 Å². The molecule has 25 heavy (non-hydrogen) atoms. The van der Waals surface area contributed by atoms with Crippen molar-refractivity contribution in [3.63, 3.8) is 0 Å². The number of aromatic nitrogens is 1. The van der Waals surface area contributed by atoms with E-state index in [1.807, 2.05) is 13.1 Å². The Kier molecular flexibility index (Phi) is 8.63. The first-order chi connectivity index (χ1) is 11.4. The second-order valence-corrected chi connectivity index (χ2v) is 6.48. The summed E-state index contributed by atoms with van der Waals surface area (Å²) in [6.07, 6.45) is -1.73. The molecule has 0 bridgehead atoms. The fourth-order valence-electron chi connectivity index (χ4n) is 2.07. The lowest BCUT2D eigenvalue weighted by Crippen LogP contribution is -2.37. The second kappa shape index (κ2) is 9.95. The van der Waals surface area contributed by atoms with Crippen LogP contribution in [0.15, 0.2) is 35.5 Å². The summed E-state index contributed by atoms with van der Waals surface area (Å²) in [5.41, 5.74) is -0.104. The second-order valence-electron chi connectivity index (χ2n) is 5.17. The van der Waals surface area contributed by atoms with E-state index in [0.717, 1.165) is 28.4 Å². The van der Waals surface area contributed by atoms with Gasteiger partial charge < -0.3 is 10.6 Å². The number of nitrogens with one attached hydrogen (secondary N) is 2. The minimum atomic E-state index is -4.33. The van der Waals surface area contributed by atoms with Gasteiger partial charge in [0.2, 0.25) is 0 Å². The Bertz CT molecular complexity index is 701. The first-order valence-corrected chi connectivity index (χ1v) is 8.22. The summed E-state index contributed by atoms with van der Waals surface area (Å²) >= 11 is 1.64. The van der Waals surface area contributed by atoms with Gasteiger partial charge in [0.25, 0.3) is 0 Å². The molecule has 138 valence electrons. The van der Waals surface area contributed by atoms with Gasteiger partial charge in [-0.3, -0.25) is 4.99 Å². The van der Waals surface area contributed by atoms with Crippen LogP contribution in [0.3, 0.4) is 0 Å². The molecule has 2 rings (SSSR count). The van der Waals surface area contributed by atoms with Crippen LogP contribution in [-0.4, -0.2) is 24.5 Å². The highest BCUT2D eigenvalue weighted by atomic mass is 127. The highest BCUT2D eigenvalue weighted by Crippen LogP contribution is 2.29. The third kappa shape index (κ3) is 7.18. The summed E-state index contributed by atoms with van der Waals surface area (Å²) in [5.74, 6) is 0.542. The zero-order valence-corrected chi connectivity index (χ0v) is 17.0. The summed E-state index contributed by atoms with van der Waals surface area (Å²) < 4.78 is 38.1. The van der Waals surface area contributed by atoms with Crippen molar-refractivity contribution in [1.29, 1.82) is 0 Å². The first kappa shape index (κ1) is 21.7. The number of nitrogens with zero attached hydrogens (tertiary/aromatic N) is 2. The van der Waals surface area contributed by atoms with E-state index in [-0.39, 0.29) is 30.5 Å². The monoisotopic (exact) mass is 484 g/mol. The van der Waals surface area contributed by atoms with E-state index in [4.69, 9.17) is 0 Å². The van der Waals surface area contributed by atoms with Gasteiger partial charge in [0, 0.05) is 37.6 Å². The predicted octanol–water partition coefficient (Wildman–Crippen LogP) is 4.00. The lowest BCUT2D eigenvalue weighted by molar-refractivity contribution is -0.137. The molecule has 0 saturated heterocycles. The van der Waals surface area contributed by atoms with Gasteiger partial charge >= 0.3 is 6.18 Å². The smallest absolute Gasteiger partial charge is 0.356 e. The Morgan fingerprint density at radius 3 is 2.64 bits per heavy atom. The van der Waals surface area contributed by atoms with Crippen molar-refractivity contribution in [3.05, 3.63) is 51.5 Å². The average molecular weight is 484 g/mol. The molecule has 0 radical (unpaired) electrons. The normalized spacial score (nSPS) is 11.8. The minimum Gasteiger partial charge on any atom is -0.356 e. The first-order valence-electron chi connectivity index (χ1n) is 7.40. The molecule has 0 aliphatic heterocycles. The van der Waals surface area contributed by atoms with E-state index in [2.05, 4.69) is 20.6 Å². The van der Waals surface area contributed by atoms with Crippen LogP contribution in [0.25, 0.3) is 0 Å². The van der Waals surface area contributed by atoms with Gasteiger partial charge in [-0.2, -0.15) is 13.2 Å². The summed E-state index contributed by atoms with van der Waals surface area (Å²) in [5, 5.41) is 7.17. The molecule has 0 spiro atoms. The van der Waals surface area contributed by atoms with Crippen LogP contribution in [0.5, 0.6) is 0 Å². The van der Waals surface area contributed by atoms with Crippen molar-refractivity contribution in [3.8, 4) is 0 Å². The predicted molar refractivity (Wildman–Crippen MR) is 106 cm³/mol. The molecule has 4 nitrogen and oxygen atoms in total. The summed E-state index contributed by atoms with van der Waals surface area (Å²) in [6, 6.07) is 5.25. The maximum atomic E-state index is 12.7. The van der Waals surface area contributed by atoms with Gasteiger partial charge in [0.1, 0.15) is 0 Å². The average Bonchev–Trinajstić information content (AvgIpc) is 2.95. The van der Waals surface area contributed by atoms with Gasteiger partial charge in [-0.15, -0.1) is 35.3 Å². The third-order valence-electron chi connectivity index (χ3n) is 3.24. The van der Waals surface area contributed by atoms with Gasteiger partial charge in [-0.1, -0.05) is 12.1 Å². The molecule has 0 amide bonds. The largest absolute Gasteiger partial charge is 0.416 e. The molecule has 0 aliphatic carbocycles. The fraction of sp³-hybridized carbons (Fsp3) is 0.375. The molecule has 0 unspecified atom stereocenters. The lowest BCUT2D eigenvalue weighted by Gasteiger charge is -2.13. The van der Waals surface area contributed by atoms with Crippen LogP contribution in [0, 0.1) is 6.92 Å². The maximum absolute atomic E-state index is 12.7. The number of benzene rings is 1. The molecule has 0 fully saturated rings. The molecule has 9 heteroatoms. The molecule has 2 N–H and O–H groups in total. The molecule has 0 atom stereocenters. The van der Waals surface area contributed by atoms with Crippen LogP contribution in [0.1, 0.15) is 21.0 Å². The molecule has 1 heterocycles. The van der Waals surface area contributed by atoms with Crippen molar-refractivity contribution in [2.45, 2.75) is 26.1 Å². The van der Waals surface area contributed by atoms with E-state index in [9.17, 15) is 13.2 Å². The quantitative estimate of drug-likeness (QED) is 0.384. The Balaban J connectivity index is 0.00000312. The van der Waals surface area contributed by atoms with E-state index >= 15 is 0 Å². The Labute approximate surface area is 166 Å². The number of aliphatic imine (C=N–C) groups is 1. The lowest BCUT2D eigenvalue weighted by atomic mass is 10.1. The molecule has 1 aromatic heterocycles. The van der Waals surface area contributed by atoms with Crippen molar-refractivity contribution >= 4 is 41.3 Å².